The van der Waals surface area contributed by atoms with Crippen molar-refractivity contribution in [2.45, 2.75) is 13.3 Å². The molecule has 0 fully saturated rings. The molecule has 0 bridgehead atoms. The zero-order chi connectivity index (χ0) is 10.5. The summed E-state index contributed by atoms with van der Waals surface area (Å²) in [6, 6.07) is 9.83. The van der Waals surface area contributed by atoms with E-state index in [0.29, 0.717) is 18.2 Å². The minimum absolute atomic E-state index is 0.572. The van der Waals surface area contributed by atoms with Crippen LogP contribution in [0.2, 0.25) is 0 Å². The Morgan fingerprint density at radius 3 is 2.80 bits per heavy atom. The number of oxazole rings is 1. The smallest absolute Gasteiger partial charge is 0.261 e. The molecular formula is C12H13NO2. The Morgan fingerprint density at radius 1 is 1.27 bits per heavy atom. The molecule has 3 nitrogen and oxygen atoms in total. The predicted molar refractivity (Wildman–Crippen MR) is 57.7 cm³/mol. The first-order valence-electron chi connectivity index (χ1n) is 5.03. The van der Waals surface area contributed by atoms with Crippen molar-refractivity contribution in [2.75, 3.05) is 6.61 Å². The number of benzene rings is 1. The lowest BCUT2D eigenvalue weighted by atomic mass is 10.2. The molecular weight excluding hydrogens is 190 g/mol. The summed E-state index contributed by atoms with van der Waals surface area (Å²) in [4.78, 5) is 4.04. The van der Waals surface area contributed by atoms with Crippen LogP contribution in [0.3, 0.4) is 0 Å². The molecule has 0 radical (unpaired) electrons. The Balaban J connectivity index is 2.25. The quantitative estimate of drug-likeness (QED) is 0.765. The van der Waals surface area contributed by atoms with E-state index in [4.69, 9.17) is 9.15 Å². The van der Waals surface area contributed by atoms with Gasteiger partial charge in [0.05, 0.1) is 6.61 Å². The van der Waals surface area contributed by atoms with E-state index >= 15 is 0 Å². The van der Waals surface area contributed by atoms with Crippen molar-refractivity contribution in [1.82, 2.24) is 4.98 Å². The van der Waals surface area contributed by atoms with Gasteiger partial charge in [0.25, 0.3) is 5.88 Å². The normalized spacial score (nSPS) is 10.2. The van der Waals surface area contributed by atoms with Crippen LogP contribution in [0.4, 0.5) is 0 Å². The topological polar surface area (TPSA) is 35.3 Å². The van der Waals surface area contributed by atoms with Crippen LogP contribution in [0.25, 0.3) is 11.3 Å². The Bertz CT molecular complexity index is 409. The molecule has 3 heteroatoms. The van der Waals surface area contributed by atoms with Gasteiger partial charge in [0, 0.05) is 5.56 Å². The van der Waals surface area contributed by atoms with E-state index in [1.165, 1.54) is 6.39 Å². The molecule has 1 heterocycles. The summed E-state index contributed by atoms with van der Waals surface area (Å²) in [7, 11) is 0. The van der Waals surface area contributed by atoms with E-state index in [1.54, 1.807) is 0 Å². The molecule has 0 unspecified atom stereocenters. The van der Waals surface area contributed by atoms with E-state index in [-0.39, 0.29) is 0 Å². The molecule has 0 N–H and O–H groups in total. The van der Waals surface area contributed by atoms with Crippen LogP contribution in [0, 0.1) is 0 Å². The van der Waals surface area contributed by atoms with Crippen molar-refractivity contribution < 1.29 is 9.15 Å². The largest absolute Gasteiger partial charge is 0.475 e. The first-order valence-corrected chi connectivity index (χ1v) is 5.03. The Hall–Kier alpha value is -1.77. The molecule has 0 atom stereocenters. The standard InChI is InChI=1S/C12H13NO2/c1-2-8-14-12-11(15-9-13-12)10-6-4-3-5-7-10/h3-7,9H,2,8H2,1H3. The van der Waals surface area contributed by atoms with Gasteiger partial charge in [-0.1, -0.05) is 37.3 Å². The molecule has 78 valence electrons. The molecule has 0 saturated carbocycles. The van der Waals surface area contributed by atoms with Gasteiger partial charge in [-0.05, 0) is 6.42 Å². The fourth-order valence-electron chi connectivity index (χ4n) is 1.32. The van der Waals surface area contributed by atoms with E-state index < -0.39 is 0 Å². The summed E-state index contributed by atoms with van der Waals surface area (Å²) >= 11 is 0. The Kier molecular flexibility index (Phi) is 3.02. The maximum Gasteiger partial charge on any atom is 0.261 e. The molecule has 1 aromatic heterocycles. The third-order valence-corrected chi connectivity index (χ3v) is 2.01. The highest BCUT2D eigenvalue weighted by molar-refractivity contribution is 5.61. The van der Waals surface area contributed by atoms with Crippen LogP contribution in [0.15, 0.2) is 41.1 Å². The van der Waals surface area contributed by atoms with Gasteiger partial charge < -0.3 is 9.15 Å². The van der Waals surface area contributed by atoms with Gasteiger partial charge in [0.1, 0.15) is 0 Å². The molecule has 1 aromatic carbocycles. The van der Waals surface area contributed by atoms with Gasteiger partial charge in [0.15, 0.2) is 12.2 Å². The highest BCUT2D eigenvalue weighted by atomic mass is 16.5. The second-order valence-corrected chi connectivity index (χ2v) is 3.20. The lowest BCUT2D eigenvalue weighted by Crippen LogP contribution is -1.96. The van der Waals surface area contributed by atoms with Crippen molar-refractivity contribution in [3.05, 3.63) is 36.7 Å². The van der Waals surface area contributed by atoms with Crippen LogP contribution in [-0.2, 0) is 0 Å². The van der Waals surface area contributed by atoms with E-state index in [1.807, 2.05) is 30.3 Å². The lowest BCUT2D eigenvalue weighted by molar-refractivity contribution is 0.306. The summed E-state index contributed by atoms with van der Waals surface area (Å²) in [6.45, 7) is 2.72. The van der Waals surface area contributed by atoms with Crippen molar-refractivity contribution in [1.29, 1.82) is 0 Å². The molecule has 0 spiro atoms. The highest BCUT2D eigenvalue weighted by Crippen LogP contribution is 2.28. The van der Waals surface area contributed by atoms with Crippen molar-refractivity contribution in [3.8, 4) is 17.2 Å². The van der Waals surface area contributed by atoms with Gasteiger partial charge in [-0.25, -0.2) is 0 Å². The average Bonchev–Trinajstić information content (AvgIpc) is 2.75. The van der Waals surface area contributed by atoms with Crippen molar-refractivity contribution in [3.63, 3.8) is 0 Å². The average molecular weight is 203 g/mol. The fraction of sp³-hybridized carbons (Fsp3) is 0.250. The summed E-state index contributed by atoms with van der Waals surface area (Å²) in [6.07, 6.45) is 2.37. The summed E-state index contributed by atoms with van der Waals surface area (Å²) < 4.78 is 10.8. The number of hydrogen-bond donors (Lipinski definition) is 0. The number of nitrogens with zero attached hydrogens (tertiary/aromatic N) is 1. The van der Waals surface area contributed by atoms with Gasteiger partial charge in [-0.15, -0.1) is 0 Å². The third kappa shape index (κ3) is 2.18. The molecule has 0 saturated heterocycles. The van der Waals surface area contributed by atoms with Crippen LogP contribution < -0.4 is 4.74 Å². The van der Waals surface area contributed by atoms with Crippen LogP contribution in [0.1, 0.15) is 13.3 Å². The van der Waals surface area contributed by atoms with Crippen LogP contribution in [0.5, 0.6) is 5.88 Å². The number of hydrogen-bond acceptors (Lipinski definition) is 3. The van der Waals surface area contributed by atoms with E-state index in [9.17, 15) is 0 Å². The molecule has 0 amide bonds. The number of rotatable bonds is 4. The molecule has 0 aliphatic carbocycles. The highest BCUT2D eigenvalue weighted by Gasteiger charge is 2.10. The predicted octanol–water partition coefficient (Wildman–Crippen LogP) is 3.13. The van der Waals surface area contributed by atoms with Crippen molar-refractivity contribution in [2.24, 2.45) is 0 Å². The van der Waals surface area contributed by atoms with Gasteiger partial charge in [-0.3, -0.25) is 0 Å². The molecule has 0 aliphatic heterocycles. The monoisotopic (exact) mass is 203 g/mol. The molecule has 2 rings (SSSR count). The second-order valence-electron chi connectivity index (χ2n) is 3.20. The minimum Gasteiger partial charge on any atom is -0.475 e. The van der Waals surface area contributed by atoms with Gasteiger partial charge in [0.2, 0.25) is 0 Å². The molecule has 15 heavy (non-hydrogen) atoms. The summed E-state index contributed by atoms with van der Waals surface area (Å²) in [5.74, 6) is 1.27. The summed E-state index contributed by atoms with van der Waals surface area (Å²) in [5, 5.41) is 0. The SMILES string of the molecule is CCCOc1ncoc1-c1ccccc1. The maximum absolute atomic E-state index is 5.48. The zero-order valence-corrected chi connectivity index (χ0v) is 8.64. The Morgan fingerprint density at radius 2 is 2.07 bits per heavy atom. The number of aromatic nitrogens is 1. The first-order chi connectivity index (χ1) is 7.42. The zero-order valence-electron chi connectivity index (χ0n) is 8.64. The molecule has 0 aliphatic rings. The van der Waals surface area contributed by atoms with Gasteiger partial charge in [-0.2, -0.15) is 4.98 Å². The van der Waals surface area contributed by atoms with Gasteiger partial charge >= 0.3 is 0 Å². The Labute approximate surface area is 88.7 Å². The van der Waals surface area contributed by atoms with Crippen molar-refractivity contribution >= 4 is 0 Å². The first kappa shape index (κ1) is 9.77. The fourth-order valence-corrected chi connectivity index (χ4v) is 1.32. The maximum atomic E-state index is 5.48. The second kappa shape index (κ2) is 4.64. The van der Waals surface area contributed by atoms with E-state index in [0.717, 1.165) is 12.0 Å². The lowest BCUT2D eigenvalue weighted by Gasteiger charge is -2.02. The summed E-state index contributed by atoms with van der Waals surface area (Å²) in [5.41, 5.74) is 0.987. The molecule has 2 aromatic rings. The minimum atomic E-state index is 0.572. The van der Waals surface area contributed by atoms with Crippen LogP contribution >= 0.6 is 0 Å². The number of ether oxygens (including phenoxy) is 1. The van der Waals surface area contributed by atoms with E-state index in [2.05, 4.69) is 11.9 Å². The third-order valence-electron chi connectivity index (χ3n) is 2.01. The van der Waals surface area contributed by atoms with Crippen LogP contribution in [-0.4, -0.2) is 11.6 Å².